The predicted molar refractivity (Wildman–Crippen MR) is 116 cm³/mol. The van der Waals surface area contributed by atoms with Gasteiger partial charge in [0.25, 0.3) is 0 Å². The van der Waals surface area contributed by atoms with E-state index < -0.39 is 0 Å². The zero-order valence-corrected chi connectivity index (χ0v) is 18.3. The fourth-order valence-electron chi connectivity index (χ4n) is 3.39. The first-order valence-corrected chi connectivity index (χ1v) is 11.5. The third-order valence-electron chi connectivity index (χ3n) is 4.95. The molecule has 2 heteroatoms. The van der Waals surface area contributed by atoms with E-state index in [0.29, 0.717) is 0 Å². The molecule has 0 saturated heterocycles. The van der Waals surface area contributed by atoms with E-state index in [4.69, 9.17) is 0 Å². The highest BCUT2D eigenvalue weighted by atomic mass is 79.9. The summed E-state index contributed by atoms with van der Waals surface area (Å²) in [5.74, 6) is 0. The van der Waals surface area contributed by atoms with E-state index in [2.05, 4.69) is 58.9 Å². The molecule has 144 valence electrons. The molecule has 0 aliphatic heterocycles. The van der Waals surface area contributed by atoms with Crippen LogP contribution in [0.1, 0.15) is 96.5 Å². The van der Waals surface area contributed by atoms with Crippen molar-refractivity contribution in [3.05, 3.63) is 34.3 Å². The van der Waals surface area contributed by atoms with Gasteiger partial charge in [-0.1, -0.05) is 106 Å². The Labute approximate surface area is 165 Å². The zero-order valence-electron chi connectivity index (χ0n) is 16.7. The van der Waals surface area contributed by atoms with Gasteiger partial charge in [-0.2, -0.15) is 0 Å². The summed E-state index contributed by atoms with van der Waals surface area (Å²) in [7, 11) is 0. The minimum atomic E-state index is 1.10. The maximum Gasteiger partial charge on any atom is 0.0234 e. The number of nitrogens with zero attached hydrogens (tertiary/aromatic N) is 1. The largest absolute Gasteiger partial charge is 0.299 e. The van der Waals surface area contributed by atoms with Gasteiger partial charge in [-0.25, -0.2) is 0 Å². The van der Waals surface area contributed by atoms with Crippen LogP contribution >= 0.6 is 15.9 Å². The lowest BCUT2D eigenvalue weighted by Crippen LogP contribution is -2.25. The van der Waals surface area contributed by atoms with Crippen molar-refractivity contribution in [3.8, 4) is 0 Å². The molecule has 0 unspecified atom stereocenters. The number of unbranched alkanes of at least 4 members (excludes halogenated alkanes) is 10. The third kappa shape index (κ3) is 12.6. The van der Waals surface area contributed by atoms with Gasteiger partial charge in [0, 0.05) is 11.0 Å². The molecule has 1 nitrogen and oxygen atoms in total. The van der Waals surface area contributed by atoms with Crippen LogP contribution in [0.25, 0.3) is 0 Å². The first-order chi connectivity index (χ1) is 12.3. The van der Waals surface area contributed by atoms with Crippen LogP contribution in [0.4, 0.5) is 0 Å². The fourth-order valence-corrected chi connectivity index (χ4v) is 3.84. The van der Waals surface area contributed by atoms with E-state index in [1.165, 1.54) is 100 Å². The summed E-state index contributed by atoms with van der Waals surface area (Å²) in [6.07, 6.45) is 16.6. The van der Waals surface area contributed by atoms with E-state index in [0.717, 1.165) is 6.54 Å². The van der Waals surface area contributed by atoms with Gasteiger partial charge in [-0.05, 0) is 43.6 Å². The van der Waals surface area contributed by atoms with Crippen LogP contribution in [0.15, 0.2) is 28.7 Å². The van der Waals surface area contributed by atoms with E-state index in [1.54, 1.807) is 0 Å². The van der Waals surface area contributed by atoms with Gasteiger partial charge in [0.2, 0.25) is 0 Å². The summed E-state index contributed by atoms with van der Waals surface area (Å²) in [6.45, 7) is 8.20. The first-order valence-electron chi connectivity index (χ1n) is 10.7. The van der Waals surface area contributed by atoms with Gasteiger partial charge < -0.3 is 0 Å². The average molecular weight is 410 g/mol. The van der Waals surface area contributed by atoms with Crippen molar-refractivity contribution in [2.75, 3.05) is 13.1 Å². The monoisotopic (exact) mass is 409 g/mol. The topological polar surface area (TPSA) is 3.24 Å². The fraction of sp³-hybridized carbons (Fsp3) is 0.739. The van der Waals surface area contributed by atoms with Crippen LogP contribution < -0.4 is 0 Å². The van der Waals surface area contributed by atoms with Crippen LogP contribution in [0.2, 0.25) is 0 Å². The molecule has 1 aromatic rings. The van der Waals surface area contributed by atoms with Crippen LogP contribution in [0.3, 0.4) is 0 Å². The molecule has 0 heterocycles. The number of benzene rings is 1. The molecule has 0 aliphatic rings. The number of hydrogen-bond donors (Lipinski definition) is 0. The Balaban J connectivity index is 2.32. The number of rotatable bonds is 16. The summed E-state index contributed by atoms with van der Waals surface area (Å²) in [6, 6.07) is 8.82. The van der Waals surface area contributed by atoms with Crippen LogP contribution in [0, 0.1) is 0 Å². The highest BCUT2D eigenvalue weighted by Crippen LogP contribution is 2.15. The van der Waals surface area contributed by atoms with Gasteiger partial charge in [-0.3, -0.25) is 4.90 Å². The number of hydrogen-bond acceptors (Lipinski definition) is 1. The Morgan fingerprint density at radius 3 is 1.76 bits per heavy atom. The van der Waals surface area contributed by atoms with Gasteiger partial charge in [0.1, 0.15) is 0 Å². The van der Waals surface area contributed by atoms with Crippen LogP contribution in [-0.4, -0.2) is 18.0 Å². The standard InChI is InChI=1S/C23H40BrN/c1-3-5-7-9-11-13-18-25(19-14-12-10-8-6-4-2)21-22-16-15-17-23(24)20-22/h15-17,20H,3-14,18-19,21H2,1-2H3. The second-order valence-electron chi connectivity index (χ2n) is 7.44. The molecular formula is C23H40BrN. The smallest absolute Gasteiger partial charge is 0.0234 e. The molecule has 0 atom stereocenters. The highest BCUT2D eigenvalue weighted by molar-refractivity contribution is 9.10. The number of halogens is 1. The lowest BCUT2D eigenvalue weighted by Gasteiger charge is -2.22. The van der Waals surface area contributed by atoms with Crippen LogP contribution in [0.5, 0.6) is 0 Å². The van der Waals surface area contributed by atoms with Gasteiger partial charge in [-0.15, -0.1) is 0 Å². The van der Waals surface area contributed by atoms with Crippen molar-refractivity contribution in [1.82, 2.24) is 4.90 Å². The SMILES string of the molecule is CCCCCCCCN(CCCCCCCC)Cc1cccc(Br)c1. The molecule has 0 saturated carbocycles. The first kappa shape index (κ1) is 22.7. The van der Waals surface area contributed by atoms with E-state index in [-0.39, 0.29) is 0 Å². The quantitative estimate of drug-likeness (QED) is 0.250. The Hall–Kier alpha value is -0.340. The Morgan fingerprint density at radius 2 is 1.24 bits per heavy atom. The van der Waals surface area contributed by atoms with E-state index in [1.807, 2.05) is 0 Å². The second-order valence-corrected chi connectivity index (χ2v) is 8.36. The molecule has 0 aliphatic carbocycles. The summed E-state index contributed by atoms with van der Waals surface area (Å²) in [4.78, 5) is 2.68. The molecule has 1 aromatic carbocycles. The summed E-state index contributed by atoms with van der Waals surface area (Å²) < 4.78 is 1.20. The Morgan fingerprint density at radius 1 is 0.720 bits per heavy atom. The minimum absolute atomic E-state index is 1.10. The van der Waals surface area contributed by atoms with E-state index in [9.17, 15) is 0 Å². The van der Waals surface area contributed by atoms with Crippen molar-refractivity contribution in [1.29, 1.82) is 0 Å². The average Bonchev–Trinajstić information content (AvgIpc) is 2.60. The molecule has 0 N–H and O–H groups in total. The molecule has 0 bridgehead atoms. The van der Waals surface area contributed by atoms with Crippen LogP contribution in [-0.2, 0) is 6.54 Å². The van der Waals surface area contributed by atoms with Crippen molar-refractivity contribution in [3.63, 3.8) is 0 Å². The maximum atomic E-state index is 3.61. The predicted octanol–water partition coefficient (Wildman–Crippen LogP) is 7.97. The van der Waals surface area contributed by atoms with Gasteiger partial charge in [0.05, 0.1) is 0 Å². The maximum absolute atomic E-state index is 3.61. The van der Waals surface area contributed by atoms with E-state index >= 15 is 0 Å². The summed E-state index contributed by atoms with van der Waals surface area (Å²) in [5, 5.41) is 0. The molecular weight excluding hydrogens is 370 g/mol. The summed E-state index contributed by atoms with van der Waals surface area (Å²) >= 11 is 3.61. The van der Waals surface area contributed by atoms with Crippen molar-refractivity contribution < 1.29 is 0 Å². The molecule has 0 aromatic heterocycles. The molecule has 0 spiro atoms. The molecule has 0 amide bonds. The lowest BCUT2D eigenvalue weighted by atomic mass is 10.1. The molecule has 0 radical (unpaired) electrons. The normalized spacial score (nSPS) is 11.4. The minimum Gasteiger partial charge on any atom is -0.299 e. The summed E-state index contributed by atoms with van der Waals surface area (Å²) in [5.41, 5.74) is 1.44. The second kappa shape index (κ2) is 15.9. The Kier molecular flexibility index (Phi) is 14.4. The zero-order chi connectivity index (χ0) is 18.2. The van der Waals surface area contributed by atoms with Gasteiger partial charge in [0.15, 0.2) is 0 Å². The molecule has 1 rings (SSSR count). The third-order valence-corrected chi connectivity index (χ3v) is 5.44. The lowest BCUT2D eigenvalue weighted by molar-refractivity contribution is 0.252. The Bertz CT molecular complexity index is 402. The molecule has 0 fully saturated rings. The van der Waals surface area contributed by atoms with Gasteiger partial charge >= 0.3 is 0 Å². The van der Waals surface area contributed by atoms with Crippen molar-refractivity contribution in [2.45, 2.75) is 97.4 Å². The van der Waals surface area contributed by atoms with Crippen molar-refractivity contribution in [2.24, 2.45) is 0 Å². The van der Waals surface area contributed by atoms with Crippen molar-refractivity contribution >= 4 is 15.9 Å². The molecule has 25 heavy (non-hydrogen) atoms. The highest BCUT2D eigenvalue weighted by Gasteiger charge is 2.06.